The highest BCUT2D eigenvalue weighted by Gasteiger charge is 2.30. The van der Waals surface area contributed by atoms with Gasteiger partial charge in [-0.3, -0.25) is 9.59 Å². The molecule has 2 aromatic rings. The van der Waals surface area contributed by atoms with Crippen LogP contribution < -0.4 is 15.4 Å². The van der Waals surface area contributed by atoms with Gasteiger partial charge >= 0.3 is 0 Å². The largest absolute Gasteiger partial charge is 0.497 e. The Bertz CT molecular complexity index is 790. The molecule has 1 aliphatic rings. The van der Waals surface area contributed by atoms with Crippen LogP contribution in [0.5, 0.6) is 5.75 Å². The maximum atomic E-state index is 13.3. The van der Waals surface area contributed by atoms with E-state index in [-0.39, 0.29) is 18.2 Å². The second-order valence-corrected chi connectivity index (χ2v) is 5.93. The summed E-state index contributed by atoms with van der Waals surface area (Å²) in [6, 6.07) is 11.7. The lowest BCUT2D eigenvalue weighted by atomic mass is 9.89. The summed E-state index contributed by atoms with van der Waals surface area (Å²) in [5, 5.41) is 5.47. The standard InChI is InChI=1S/C19H19FN2O3/c1-25-14-5-2-12(3-6-14)8-9-21-19(24)16-11-18(23)22-17-10-13(20)4-7-15(16)17/h2-7,10,16H,8-9,11H2,1H3,(H,21,24)(H,22,23). The predicted octanol–water partition coefficient (Wildman–Crippen LogP) is 2.62. The molecule has 3 rings (SSSR count). The minimum absolute atomic E-state index is 0.0625. The van der Waals surface area contributed by atoms with Gasteiger partial charge in [0.15, 0.2) is 0 Å². The van der Waals surface area contributed by atoms with Crippen LogP contribution in [-0.4, -0.2) is 25.5 Å². The molecule has 0 radical (unpaired) electrons. The van der Waals surface area contributed by atoms with E-state index in [4.69, 9.17) is 4.74 Å². The molecule has 0 saturated carbocycles. The van der Waals surface area contributed by atoms with E-state index in [1.807, 2.05) is 24.3 Å². The molecule has 1 unspecified atom stereocenters. The number of hydrogen-bond donors (Lipinski definition) is 2. The summed E-state index contributed by atoms with van der Waals surface area (Å²) in [5.74, 6) is -0.769. The highest BCUT2D eigenvalue weighted by Crippen LogP contribution is 2.32. The molecule has 0 fully saturated rings. The highest BCUT2D eigenvalue weighted by atomic mass is 19.1. The Kier molecular flexibility index (Phi) is 4.97. The summed E-state index contributed by atoms with van der Waals surface area (Å²) in [4.78, 5) is 24.3. The average Bonchev–Trinajstić information content (AvgIpc) is 2.61. The van der Waals surface area contributed by atoms with Crippen LogP contribution in [0, 0.1) is 5.82 Å². The van der Waals surface area contributed by atoms with Gasteiger partial charge in [0.2, 0.25) is 11.8 Å². The van der Waals surface area contributed by atoms with Crippen LogP contribution in [0.15, 0.2) is 42.5 Å². The Morgan fingerprint density at radius 3 is 2.76 bits per heavy atom. The van der Waals surface area contributed by atoms with Crippen LogP contribution in [0.25, 0.3) is 0 Å². The van der Waals surface area contributed by atoms with Gasteiger partial charge in [-0.15, -0.1) is 0 Å². The smallest absolute Gasteiger partial charge is 0.228 e. The van der Waals surface area contributed by atoms with Crippen molar-refractivity contribution in [1.82, 2.24) is 5.32 Å². The first kappa shape index (κ1) is 17.0. The molecule has 0 spiro atoms. The molecule has 2 N–H and O–H groups in total. The maximum absolute atomic E-state index is 13.3. The minimum Gasteiger partial charge on any atom is -0.497 e. The van der Waals surface area contributed by atoms with Gasteiger partial charge in [-0.1, -0.05) is 18.2 Å². The van der Waals surface area contributed by atoms with Crippen LogP contribution in [0.4, 0.5) is 10.1 Å². The minimum atomic E-state index is -0.597. The summed E-state index contributed by atoms with van der Waals surface area (Å²) in [6.45, 7) is 0.458. The van der Waals surface area contributed by atoms with Gasteiger partial charge in [0, 0.05) is 18.7 Å². The van der Waals surface area contributed by atoms with Crippen molar-refractivity contribution in [2.45, 2.75) is 18.8 Å². The number of benzene rings is 2. The molecule has 1 heterocycles. The van der Waals surface area contributed by atoms with Crippen molar-refractivity contribution >= 4 is 17.5 Å². The molecule has 2 amide bonds. The fourth-order valence-electron chi connectivity index (χ4n) is 2.92. The fourth-order valence-corrected chi connectivity index (χ4v) is 2.92. The number of anilines is 1. The quantitative estimate of drug-likeness (QED) is 0.878. The number of hydrogen-bond acceptors (Lipinski definition) is 3. The number of fused-ring (bicyclic) bond motifs is 1. The second kappa shape index (κ2) is 7.34. The third-order valence-corrected chi connectivity index (χ3v) is 4.24. The van der Waals surface area contributed by atoms with Crippen LogP contribution in [0.1, 0.15) is 23.5 Å². The number of carbonyl (C=O) groups is 2. The van der Waals surface area contributed by atoms with E-state index in [0.717, 1.165) is 11.3 Å². The van der Waals surface area contributed by atoms with Crippen LogP contribution in [-0.2, 0) is 16.0 Å². The highest BCUT2D eigenvalue weighted by molar-refractivity contribution is 6.01. The molecule has 130 valence electrons. The van der Waals surface area contributed by atoms with E-state index < -0.39 is 11.7 Å². The zero-order chi connectivity index (χ0) is 17.8. The molecule has 25 heavy (non-hydrogen) atoms. The number of methoxy groups -OCH3 is 1. The molecule has 0 bridgehead atoms. The number of ether oxygens (including phenoxy) is 1. The van der Waals surface area contributed by atoms with E-state index >= 15 is 0 Å². The van der Waals surface area contributed by atoms with Gasteiger partial charge in [0.1, 0.15) is 11.6 Å². The maximum Gasteiger partial charge on any atom is 0.228 e. The van der Waals surface area contributed by atoms with Gasteiger partial charge in [-0.25, -0.2) is 4.39 Å². The molecule has 1 aliphatic heterocycles. The van der Waals surface area contributed by atoms with Crippen molar-refractivity contribution in [1.29, 1.82) is 0 Å². The lowest BCUT2D eigenvalue weighted by Gasteiger charge is -2.24. The molecule has 2 aromatic carbocycles. The van der Waals surface area contributed by atoms with Gasteiger partial charge in [0.25, 0.3) is 0 Å². The Labute approximate surface area is 145 Å². The third-order valence-electron chi connectivity index (χ3n) is 4.24. The molecule has 0 aromatic heterocycles. The lowest BCUT2D eigenvalue weighted by Crippen LogP contribution is -2.36. The molecule has 0 aliphatic carbocycles. The van der Waals surface area contributed by atoms with Crippen molar-refractivity contribution in [2.24, 2.45) is 0 Å². The number of rotatable bonds is 5. The molecular weight excluding hydrogens is 323 g/mol. The van der Waals surface area contributed by atoms with Gasteiger partial charge < -0.3 is 15.4 Å². The summed E-state index contributed by atoms with van der Waals surface area (Å²) in [7, 11) is 1.61. The Hall–Kier alpha value is -2.89. The van der Waals surface area contributed by atoms with E-state index in [9.17, 15) is 14.0 Å². The first-order valence-electron chi connectivity index (χ1n) is 8.07. The molecule has 0 saturated heterocycles. The third kappa shape index (κ3) is 3.96. The van der Waals surface area contributed by atoms with Crippen molar-refractivity contribution in [3.63, 3.8) is 0 Å². The van der Waals surface area contributed by atoms with E-state index in [0.29, 0.717) is 24.2 Å². The lowest BCUT2D eigenvalue weighted by molar-refractivity contribution is -0.126. The number of amides is 2. The van der Waals surface area contributed by atoms with Crippen molar-refractivity contribution in [3.05, 3.63) is 59.4 Å². The first-order valence-corrected chi connectivity index (χ1v) is 8.07. The SMILES string of the molecule is COc1ccc(CCNC(=O)C2CC(=O)Nc3cc(F)ccc32)cc1. The number of nitrogens with one attached hydrogen (secondary N) is 2. The molecular formula is C19H19FN2O3. The predicted molar refractivity (Wildman–Crippen MR) is 92.1 cm³/mol. The van der Waals surface area contributed by atoms with Gasteiger partial charge in [-0.2, -0.15) is 0 Å². The van der Waals surface area contributed by atoms with Crippen LogP contribution in [0.3, 0.4) is 0 Å². The second-order valence-electron chi connectivity index (χ2n) is 5.93. The Balaban J connectivity index is 1.62. The summed E-state index contributed by atoms with van der Waals surface area (Å²) >= 11 is 0. The summed E-state index contributed by atoms with van der Waals surface area (Å²) in [6.07, 6.45) is 0.734. The zero-order valence-electron chi connectivity index (χ0n) is 13.8. The van der Waals surface area contributed by atoms with Gasteiger partial charge in [0.05, 0.1) is 13.0 Å². The molecule has 1 atom stereocenters. The number of halogens is 1. The topological polar surface area (TPSA) is 67.4 Å². The number of carbonyl (C=O) groups excluding carboxylic acids is 2. The monoisotopic (exact) mass is 342 g/mol. The Morgan fingerprint density at radius 1 is 1.28 bits per heavy atom. The van der Waals surface area contributed by atoms with Crippen LogP contribution in [0.2, 0.25) is 0 Å². The Morgan fingerprint density at radius 2 is 2.04 bits per heavy atom. The van der Waals surface area contributed by atoms with Gasteiger partial charge in [-0.05, 0) is 41.8 Å². The normalized spacial score (nSPS) is 15.9. The van der Waals surface area contributed by atoms with Crippen molar-refractivity contribution < 1.29 is 18.7 Å². The first-order chi connectivity index (χ1) is 12.1. The average molecular weight is 342 g/mol. The van der Waals surface area contributed by atoms with E-state index in [1.54, 1.807) is 13.2 Å². The van der Waals surface area contributed by atoms with Crippen molar-refractivity contribution in [3.8, 4) is 5.75 Å². The zero-order valence-corrected chi connectivity index (χ0v) is 13.8. The van der Waals surface area contributed by atoms with Crippen LogP contribution >= 0.6 is 0 Å². The van der Waals surface area contributed by atoms with E-state index in [1.165, 1.54) is 12.1 Å². The summed E-state index contributed by atoms with van der Waals surface area (Å²) < 4.78 is 18.4. The molecule has 5 nitrogen and oxygen atoms in total. The van der Waals surface area contributed by atoms with Crippen molar-refractivity contribution in [2.75, 3.05) is 19.0 Å². The summed E-state index contributed by atoms with van der Waals surface area (Å²) in [5.41, 5.74) is 2.08. The fraction of sp³-hybridized carbons (Fsp3) is 0.263. The molecule has 6 heteroatoms. The van der Waals surface area contributed by atoms with E-state index in [2.05, 4.69) is 10.6 Å².